The molecule has 0 radical (unpaired) electrons. The molecule has 0 spiro atoms. The molecule has 2 heterocycles. The smallest absolute Gasteiger partial charge is 0.241 e. The van der Waals surface area contributed by atoms with Crippen LogP contribution < -0.4 is 9.62 Å². The summed E-state index contributed by atoms with van der Waals surface area (Å²) in [6.45, 7) is 8.51. The Morgan fingerprint density at radius 1 is 1.37 bits per heavy atom. The molecule has 1 fully saturated rings. The molecule has 7 heteroatoms. The van der Waals surface area contributed by atoms with Crippen LogP contribution in [0.25, 0.3) is 0 Å². The number of aryl methyl sites for hydroxylation is 2. The average molecular weight is 305 g/mol. The van der Waals surface area contributed by atoms with Crippen molar-refractivity contribution in [1.82, 2.24) is 4.72 Å². The lowest BCUT2D eigenvalue weighted by atomic mass is 10.4. The van der Waals surface area contributed by atoms with Crippen LogP contribution in [0.15, 0.2) is 11.0 Å². The van der Waals surface area contributed by atoms with Crippen molar-refractivity contribution in [3.63, 3.8) is 0 Å². The third-order valence-corrected chi connectivity index (χ3v) is 5.94. The normalized spacial score (nSPS) is 17.8. The lowest BCUT2D eigenvalue weighted by Gasteiger charge is -2.23. The third-order valence-electron chi connectivity index (χ3n) is 3.26. The molecule has 0 unspecified atom stereocenters. The quantitative estimate of drug-likeness (QED) is 0.775. The maximum atomic E-state index is 12.2. The van der Waals surface area contributed by atoms with Gasteiger partial charge in [-0.25, -0.2) is 13.1 Å². The molecule has 19 heavy (non-hydrogen) atoms. The average Bonchev–Trinajstić information content (AvgIpc) is 2.70. The van der Waals surface area contributed by atoms with Crippen molar-refractivity contribution in [2.45, 2.75) is 18.7 Å². The molecular formula is C12H21N2O3S2+. The molecule has 0 saturated carbocycles. The minimum atomic E-state index is -3.36. The Morgan fingerprint density at radius 3 is 2.63 bits per heavy atom. The number of thiophene rings is 1. The molecule has 108 valence electrons. The molecule has 1 aliphatic heterocycles. The van der Waals surface area contributed by atoms with Crippen LogP contribution in [-0.4, -0.2) is 47.8 Å². The summed E-state index contributed by atoms with van der Waals surface area (Å²) in [7, 11) is -3.36. The van der Waals surface area contributed by atoms with Gasteiger partial charge >= 0.3 is 0 Å². The monoisotopic (exact) mass is 305 g/mol. The van der Waals surface area contributed by atoms with Gasteiger partial charge < -0.3 is 9.64 Å². The highest BCUT2D eigenvalue weighted by molar-refractivity contribution is 7.89. The first kappa shape index (κ1) is 14.9. The van der Waals surface area contributed by atoms with Gasteiger partial charge in [-0.3, -0.25) is 0 Å². The van der Waals surface area contributed by atoms with E-state index < -0.39 is 10.0 Å². The summed E-state index contributed by atoms with van der Waals surface area (Å²) in [5, 5.41) is 0. The van der Waals surface area contributed by atoms with Gasteiger partial charge in [0.25, 0.3) is 0 Å². The summed E-state index contributed by atoms with van der Waals surface area (Å²) in [4.78, 5) is 3.69. The van der Waals surface area contributed by atoms with Gasteiger partial charge in [0.05, 0.1) is 31.2 Å². The van der Waals surface area contributed by atoms with Crippen LogP contribution in [0.5, 0.6) is 0 Å². The van der Waals surface area contributed by atoms with E-state index in [1.54, 1.807) is 6.07 Å². The second-order valence-electron chi connectivity index (χ2n) is 4.79. The van der Waals surface area contributed by atoms with E-state index in [1.165, 1.54) is 16.2 Å². The molecule has 2 N–H and O–H groups in total. The number of sulfonamides is 1. The van der Waals surface area contributed by atoms with Crippen LogP contribution in [-0.2, 0) is 14.8 Å². The molecular weight excluding hydrogens is 284 g/mol. The first-order valence-corrected chi connectivity index (χ1v) is 8.77. The van der Waals surface area contributed by atoms with Gasteiger partial charge in [0.15, 0.2) is 0 Å². The minimum absolute atomic E-state index is 0.423. The van der Waals surface area contributed by atoms with Gasteiger partial charge in [0, 0.05) is 9.75 Å². The molecule has 5 nitrogen and oxygen atoms in total. The van der Waals surface area contributed by atoms with Gasteiger partial charge in [-0.15, -0.1) is 11.3 Å². The Bertz CT molecular complexity index is 519. The summed E-state index contributed by atoms with van der Waals surface area (Å²) in [6.07, 6.45) is 0. The summed E-state index contributed by atoms with van der Waals surface area (Å²) in [5.74, 6) is 0. The third kappa shape index (κ3) is 4.00. The second kappa shape index (κ2) is 6.32. The highest BCUT2D eigenvalue weighted by atomic mass is 32.2. The highest BCUT2D eigenvalue weighted by Crippen LogP contribution is 2.24. The molecule has 0 aliphatic carbocycles. The van der Waals surface area contributed by atoms with Crippen molar-refractivity contribution in [3.05, 3.63) is 15.8 Å². The zero-order valence-corrected chi connectivity index (χ0v) is 13.0. The number of quaternary nitrogens is 1. The van der Waals surface area contributed by atoms with Crippen molar-refractivity contribution < 1.29 is 18.1 Å². The van der Waals surface area contributed by atoms with Crippen LogP contribution in [0.4, 0.5) is 0 Å². The number of nitrogens with one attached hydrogen (secondary N) is 2. The van der Waals surface area contributed by atoms with Gasteiger partial charge in [-0.2, -0.15) is 0 Å². The number of hydrogen-bond acceptors (Lipinski definition) is 4. The van der Waals surface area contributed by atoms with Crippen molar-refractivity contribution in [2.75, 3.05) is 39.4 Å². The number of morpholine rings is 1. The van der Waals surface area contributed by atoms with Crippen molar-refractivity contribution in [3.8, 4) is 0 Å². The first-order chi connectivity index (χ1) is 8.99. The number of hydrogen-bond donors (Lipinski definition) is 2. The molecule has 0 aromatic carbocycles. The second-order valence-corrected chi connectivity index (χ2v) is 7.98. The van der Waals surface area contributed by atoms with E-state index in [0.717, 1.165) is 42.6 Å². The van der Waals surface area contributed by atoms with E-state index in [0.29, 0.717) is 11.4 Å². The van der Waals surface area contributed by atoms with Gasteiger partial charge in [-0.05, 0) is 19.9 Å². The van der Waals surface area contributed by atoms with Crippen molar-refractivity contribution in [1.29, 1.82) is 0 Å². The fourth-order valence-corrected chi connectivity index (χ4v) is 4.81. The van der Waals surface area contributed by atoms with Crippen molar-refractivity contribution in [2.24, 2.45) is 0 Å². The summed E-state index contributed by atoms with van der Waals surface area (Å²) in [5.41, 5.74) is 0. The maximum absolute atomic E-state index is 12.2. The molecule has 1 aliphatic rings. The first-order valence-electron chi connectivity index (χ1n) is 6.47. The van der Waals surface area contributed by atoms with E-state index in [2.05, 4.69) is 4.72 Å². The summed E-state index contributed by atoms with van der Waals surface area (Å²) >= 11 is 1.52. The van der Waals surface area contributed by atoms with Crippen molar-refractivity contribution >= 4 is 21.4 Å². The van der Waals surface area contributed by atoms with Crippen LogP contribution in [0, 0.1) is 13.8 Å². The van der Waals surface area contributed by atoms with Crippen LogP contribution in [0.2, 0.25) is 0 Å². The molecule has 0 bridgehead atoms. The predicted molar refractivity (Wildman–Crippen MR) is 75.4 cm³/mol. The molecule has 0 atom stereocenters. The molecule has 1 saturated heterocycles. The van der Waals surface area contributed by atoms with E-state index in [-0.39, 0.29) is 0 Å². The van der Waals surface area contributed by atoms with Crippen LogP contribution in [0.1, 0.15) is 9.75 Å². The van der Waals surface area contributed by atoms with Gasteiger partial charge in [0.1, 0.15) is 13.1 Å². The summed E-state index contributed by atoms with van der Waals surface area (Å²) in [6, 6.07) is 1.74. The maximum Gasteiger partial charge on any atom is 0.241 e. The Balaban J connectivity index is 1.89. The standard InChI is InChI=1S/C12H20N2O3S2/c1-10-9-12(11(2)18-10)19(15,16)13-3-4-14-5-7-17-8-6-14/h9,13H,3-8H2,1-2H3/p+1. The van der Waals surface area contributed by atoms with E-state index in [4.69, 9.17) is 4.74 Å². The summed E-state index contributed by atoms with van der Waals surface area (Å²) < 4.78 is 32.3. The zero-order valence-electron chi connectivity index (χ0n) is 11.4. The molecule has 2 rings (SSSR count). The lowest BCUT2D eigenvalue weighted by molar-refractivity contribution is -0.906. The van der Waals surface area contributed by atoms with Gasteiger partial charge in [0.2, 0.25) is 10.0 Å². The Kier molecular flexibility index (Phi) is 4.97. The fraction of sp³-hybridized carbons (Fsp3) is 0.667. The van der Waals surface area contributed by atoms with E-state index >= 15 is 0 Å². The van der Waals surface area contributed by atoms with E-state index in [1.807, 2.05) is 13.8 Å². The minimum Gasteiger partial charge on any atom is -0.370 e. The highest BCUT2D eigenvalue weighted by Gasteiger charge is 2.20. The Morgan fingerprint density at radius 2 is 2.05 bits per heavy atom. The Labute approximate surface area is 118 Å². The lowest BCUT2D eigenvalue weighted by Crippen LogP contribution is -3.14. The molecule has 1 aromatic rings. The predicted octanol–water partition coefficient (Wildman–Crippen LogP) is -0.442. The van der Waals surface area contributed by atoms with Crippen LogP contribution in [0.3, 0.4) is 0 Å². The van der Waals surface area contributed by atoms with E-state index in [9.17, 15) is 8.42 Å². The SMILES string of the molecule is Cc1cc(S(=O)(=O)NCC[NH+]2CCOCC2)c(C)s1. The largest absolute Gasteiger partial charge is 0.370 e. The number of ether oxygens (including phenoxy) is 1. The molecule has 1 aromatic heterocycles. The topological polar surface area (TPSA) is 59.8 Å². The zero-order chi connectivity index (χ0) is 13.9. The molecule has 0 amide bonds. The van der Waals surface area contributed by atoms with Crippen LogP contribution >= 0.6 is 11.3 Å². The Hall–Kier alpha value is -0.470. The number of rotatable bonds is 5. The fourth-order valence-electron chi connectivity index (χ4n) is 2.22. The van der Waals surface area contributed by atoms with Gasteiger partial charge in [-0.1, -0.05) is 0 Å².